The summed E-state index contributed by atoms with van der Waals surface area (Å²) in [6, 6.07) is 0. The van der Waals surface area contributed by atoms with Gasteiger partial charge < -0.3 is 18.9 Å². The second-order valence-corrected chi connectivity index (χ2v) is 4.20. The molecule has 0 aliphatic carbocycles. The SMILES string of the molecule is CCCCCCCCOP(=O)([O-])[O-].[Sr+2]. The molecule has 0 rings (SSSR count). The third kappa shape index (κ3) is 16.0. The predicted molar refractivity (Wildman–Crippen MR) is 52.7 cm³/mol. The van der Waals surface area contributed by atoms with Crippen molar-refractivity contribution in [3.05, 3.63) is 0 Å². The van der Waals surface area contributed by atoms with E-state index in [2.05, 4.69) is 11.4 Å². The van der Waals surface area contributed by atoms with Gasteiger partial charge in [0, 0.05) is 0 Å². The number of hydrogen-bond donors (Lipinski definition) is 0. The molecule has 0 atom stereocenters. The van der Waals surface area contributed by atoms with Crippen molar-refractivity contribution in [2.75, 3.05) is 6.61 Å². The molecular formula is C8H17O4PSr. The molecule has 0 radical (unpaired) electrons. The normalized spacial score (nSPS) is 11.1. The number of phosphoric ester groups is 1. The van der Waals surface area contributed by atoms with E-state index in [9.17, 15) is 14.4 Å². The van der Waals surface area contributed by atoms with Crippen molar-refractivity contribution in [3.63, 3.8) is 0 Å². The monoisotopic (exact) mass is 296 g/mol. The van der Waals surface area contributed by atoms with E-state index < -0.39 is 7.82 Å². The summed E-state index contributed by atoms with van der Waals surface area (Å²) in [7, 11) is -4.73. The van der Waals surface area contributed by atoms with Crippen molar-refractivity contribution in [2.45, 2.75) is 45.4 Å². The van der Waals surface area contributed by atoms with Gasteiger partial charge in [-0.1, -0.05) is 39.0 Å². The van der Waals surface area contributed by atoms with Crippen LogP contribution in [0, 0.1) is 0 Å². The van der Waals surface area contributed by atoms with E-state index in [4.69, 9.17) is 0 Å². The zero-order chi connectivity index (χ0) is 10.2. The Hall–Kier alpha value is 1.59. The maximum absolute atomic E-state index is 10.0. The van der Waals surface area contributed by atoms with Gasteiger partial charge in [-0.05, 0) is 6.42 Å². The van der Waals surface area contributed by atoms with Crippen LogP contribution in [0.1, 0.15) is 45.4 Å². The van der Waals surface area contributed by atoms with Crippen LogP contribution >= 0.6 is 7.82 Å². The van der Waals surface area contributed by atoms with Gasteiger partial charge in [0.1, 0.15) is 0 Å². The van der Waals surface area contributed by atoms with Gasteiger partial charge in [0.2, 0.25) is 0 Å². The smallest absolute Gasteiger partial charge is 0.790 e. The van der Waals surface area contributed by atoms with E-state index in [-0.39, 0.29) is 52.1 Å². The largest absolute Gasteiger partial charge is 2.00 e. The maximum Gasteiger partial charge on any atom is 2.00 e. The van der Waals surface area contributed by atoms with Gasteiger partial charge >= 0.3 is 45.5 Å². The van der Waals surface area contributed by atoms with Crippen molar-refractivity contribution in [3.8, 4) is 0 Å². The van der Waals surface area contributed by atoms with Gasteiger partial charge in [-0.25, -0.2) is 0 Å². The van der Waals surface area contributed by atoms with Crippen LogP contribution < -0.4 is 9.79 Å². The van der Waals surface area contributed by atoms with Crippen LogP contribution in [0.5, 0.6) is 0 Å². The second kappa shape index (κ2) is 11.1. The molecule has 0 spiro atoms. The van der Waals surface area contributed by atoms with E-state index in [1.165, 1.54) is 19.3 Å². The molecule has 0 N–H and O–H groups in total. The molecule has 6 heteroatoms. The summed E-state index contributed by atoms with van der Waals surface area (Å²) in [4.78, 5) is 20.0. The van der Waals surface area contributed by atoms with Crippen LogP contribution in [0.2, 0.25) is 0 Å². The summed E-state index contributed by atoms with van der Waals surface area (Å²) in [6.07, 6.45) is 6.23. The summed E-state index contributed by atoms with van der Waals surface area (Å²) in [5, 5.41) is 0. The summed E-state index contributed by atoms with van der Waals surface area (Å²) < 4.78 is 14.1. The summed E-state index contributed by atoms with van der Waals surface area (Å²) in [5.74, 6) is 0. The Labute approximate surface area is 123 Å². The second-order valence-electron chi connectivity index (χ2n) is 3.05. The molecule has 0 amide bonds. The van der Waals surface area contributed by atoms with Crippen LogP contribution in [0.15, 0.2) is 0 Å². The number of phosphoric acid groups is 1. The van der Waals surface area contributed by atoms with Crippen molar-refractivity contribution in [2.24, 2.45) is 0 Å². The van der Waals surface area contributed by atoms with Crippen LogP contribution in [-0.2, 0) is 9.09 Å². The molecule has 80 valence electrons. The molecular weight excluding hydrogens is 279 g/mol. The van der Waals surface area contributed by atoms with Crippen molar-refractivity contribution in [1.29, 1.82) is 0 Å². The van der Waals surface area contributed by atoms with E-state index >= 15 is 0 Å². The fourth-order valence-electron chi connectivity index (χ4n) is 1.06. The Kier molecular flexibility index (Phi) is 14.2. The zero-order valence-electron chi connectivity index (χ0n) is 8.74. The third-order valence-electron chi connectivity index (χ3n) is 1.75. The van der Waals surface area contributed by atoms with Gasteiger partial charge in [-0.3, -0.25) is 0 Å². The number of hydrogen-bond acceptors (Lipinski definition) is 4. The molecule has 4 nitrogen and oxygen atoms in total. The van der Waals surface area contributed by atoms with E-state index in [0.29, 0.717) is 6.42 Å². The first-order chi connectivity index (χ1) is 6.06. The van der Waals surface area contributed by atoms with Crippen LogP contribution in [0.25, 0.3) is 0 Å². The molecule has 0 aliphatic heterocycles. The first kappa shape index (κ1) is 18.0. The first-order valence-corrected chi connectivity index (χ1v) is 6.19. The fraction of sp³-hybridized carbons (Fsp3) is 1.00. The minimum Gasteiger partial charge on any atom is -0.790 e. The van der Waals surface area contributed by atoms with Gasteiger partial charge in [0.25, 0.3) is 0 Å². The van der Waals surface area contributed by atoms with Gasteiger partial charge in [0.05, 0.1) is 14.4 Å². The van der Waals surface area contributed by atoms with Crippen molar-refractivity contribution < 1.29 is 18.9 Å². The number of rotatable bonds is 8. The summed E-state index contributed by atoms with van der Waals surface area (Å²) >= 11 is 0. The van der Waals surface area contributed by atoms with E-state index in [1.54, 1.807) is 0 Å². The summed E-state index contributed by atoms with van der Waals surface area (Å²) in [6.45, 7) is 2.17. The van der Waals surface area contributed by atoms with Crippen LogP contribution in [0.4, 0.5) is 0 Å². The third-order valence-corrected chi connectivity index (χ3v) is 2.25. The Morgan fingerprint density at radius 1 is 1.07 bits per heavy atom. The zero-order valence-corrected chi connectivity index (χ0v) is 13.1. The molecule has 0 aromatic carbocycles. The average Bonchev–Trinajstić information content (AvgIpc) is 2.01. The Bertz CT molecular complexity index is 159. The minimum atomic E-state index is -4.73. The average molecular weight is 296 g/mol. The maximum atomic E-state index is 10.0. The Balaban J connectivity index is 0. The molecule has 0 saturated carbocycles. The molecule has 0 unspecified atom stereocenters. The quantitative estimate of drug-likeness (QED) is 0.377. The topological polar surface area (TPSA) is 72.4 Å². The van der Waals surface area contributed by atoms with Crippen molar-refractivity contribution >= 4 is 53.3 Å². The van der Waals surface area contributed by atoms with Crippen LogP contribution in [0.3, 0.4) is 0 Å². The Morgan fingerprint density at radius 2 is 1.57 bits per heavy atom. The summed E-state index contributed by atoms with van der Waals surface area (Å²) in [5.41, 5.74) is 0. The molecule has 0 fully saturated rings. The first-order valence-electron chi connectivity index (χ1n) is 4.73. The standard InChI is InChI=1S/C8H19O4P.Sr/c1-2-3-4-5-6-7-8-12-13(9,10)11;/h2-8H2,1H3,(H2,9,10,11);/q;+2/p-2. The molecule has 0 bridgehead atoms. The predicted octanol–water partition coefficient (Wildman–Crippen LogP) is 0.811. The van der Waals surface area contributed by atoms with Crippen LogP contribution in [-0.4, -0.2) is 52.1 Å². The molecule has 0 aromatic rings. The molecule has 0 aliphatic rings. The van der Waals surface area contributed by atoms with E-state index in [0.717, 1.165) is 12.8 Å². The van der Waals surface area contributed by atoms with Gasteiger partial charge in [-0.2, -0.15) is 0 Å². The van der Waals surface area contributed by atoms with Gasteiger partial charge in [0.15, 0.2) is 0 Å². The molecule has 0 aromatic heterocycles. The molecule has 0 heterocycles. The molecule has 0 saturated heterocycles. The van der Waals surface area contributed by atoms with Gasteiger partial charge in [-0.15, -0.1) is 0 Å². The fourth-order valence-corrected chi connectivity index (χ4v) is 1.41. The number of unbranched alkanes of at least 4 members (excludes halogenated alkanes) is 5. The van der Waals surface area contributed by atoms with E-state index in [1.807, 2.05) is 0 Å². The minimum absolute atomic E-state index is 0. The van der Waals surface area contributed by atoms with Crippen molar-refractivity contribution in [1.82, 2.24) is 0 Å². The molecule has 14 heavy (non-hydrogen) atoms. The Morgan fingerprint density at radius 3 is 2.07 bits per heavy atom.